The van der Waals surface area contributed by atoms with Crippen LogP contribution in [0.2, 0.25) is 0 Å². The van der Waals surface area contributed by atoms with Crippen LogP contribution in [0.4, 0.5) is 9.18 Å². The lowest BCUT2D eigenvalue weighted by molar-refractivity contribution is -0.139. The Labute approximate surface area is 186 Å². The van der Waals surface area contributed by atoms with Gasteiger partial charge in [-0.15, -0.1) is 0 Å². The van der Waals surface area contributed by atoms with E-state index >= 15 is 0 Å². The lowest BCUT2D eigenvalue weighted by Crippen LogP contribution is -2.35. The Morgan fingerprint density at radius 3 is 2.23 bits per heavy atom. The van der Waals surface area contributed by atoms with E-state index in [4.69, 9.17) is 4.74 Å². The second-order valence-electron chi connectivity index (χ2n) is 6.91. The molecule has 3 aromatic rings. The number of alkyl carbamates (subject to hydrolysis) is 1. The normalized spacial score (nSPS) is 13.3. The van der Waals surface area contributed by atoms with Crippen LogP contribution < -0.4 is 5.32 Å². The monoisotopic (exact) mass is 517 g/mol. The minimum atomic E-state index is -1.41. The number of carbonyl (C=O) groups is 2. The average Bonchev–Trinajstić information content (AvgIpc) is 3.06. The van der Waals surface area contributed by atoms with Crippen LogP contribution in [0, 0.1) is 9.39 Å². The number of hydrogen-bond donors (Lipinski definition) is 2. The summed E-state index contributed by atoms with van der Waals surface area (Å²) >= 11 is 1.90. The zero-order valence-corrected chi connectivity index (χ0v) is 17.8. The van der Waals surface area contributed by atoms with Gasteiger partial charge in [-0.3, -0.25) is 0 Å². The van der Waals surface area contributed by atoms with Gasteiger partial charge < -0.3 is 15.2 Å². The molecule has 0 aliphatic heterocycles. The molecule has 1 amide bonds. The summed E-state index contributed by atoms with van der Waals surface area (Å²) in [4.78, 5) is 24.1. The van der Waals surface area contributed by atoms with E-state index in [0.29, 0.717) is 3.57 Å². The summed E-state index contributed by atoms with van der Waals surface area (Å²) in [5.41, 5.74) is 4.47. The van der Waals surface area contributed by atoms with Crippen molar-refractivity contribution in [1.29, 1.82) is 0 Å². The van der Waals surface area contributed by atoms with Crippen molar-refractivity contribution < 1.29 is 23.8 Å². The number of ether oxygens (including phenoxy) is 1. The zero-order valence-electron chi connectivity index (χ0n) is 15.6. The molecule has 0 spiro atoms. The molecule has 5 nitrogen and oxygen atoms in total. The van der Waals surface area contributed by atoms with Gasteiger partial charge in [0.25, 0.3) is 0 Å². The molecule has 0 heterocycles. The van der Waals surface area contributed by atoms with Crippen LogP contribution in [-0.2, 0) is 9.53 Å². The number of aliphatic carboxylic acids is 1. The molecule has 1 unspecified atom stereocenters. The van der Waals surface area contributed by atoms with Crippen LogP contribution in [0.5, 0.6) is 0 Å². The van der Waals surface area contributed by atoms with Crippen molar-refractivity contribution >= 4 is 34.7 Å². The van der Waals surface area contributed by atoms with Crippen LogP contribution in [0.1, 0.15) is 28.7 Å². The van der Waals surface area contributed by atoms with E-state index in [1.165, 1.54) is 12.1 Å². The van der Waals surface area contributed by atoms with Gasteiger partial charge in [0.1, 0.15) is 12.4 Å². The second kappa shape index (κ2) is 8.43. The van der Waals surface area contributed by atoms with Crippen molar-refractivity contribution in [3.8, 4) is 11.1 Å². The highest BCUT2D eigenvalue weighted by molar-refractivity contribution is 14.1. The minimum absolute atomic E-state index is 0.0619. The van der Waals surface area contributed by atoms with Crippen molar-refractivity contribution in [2.45, 2.75) is 12.0 Å². The van der Waals surface area contributed by atoms with Crippen molar-refractivity contribution in [3.05, 3.63) is 92.8 Å². The van der Waals surface area contributed by atoms with Gasteiger partial charge in [-0.2, -0.15) is 0 Å². The van der Waals surface area contributed by atoms with Crippen LogP contribution in [0.25, 0.3) is 11.1 Å². The Morgan fingerprint density at radius 2 is 1.63 bits per heavy atom. The highest BCUT2D eigenvalue weighted by Crippen LogP contribution is 2.44. The minimum Gasteiger partial charge on any atom is -0.479 e. The first-order valence-corrected chi connectivity index (χ1v) is 10.3. The third kappa shape index (κ3) is 3.89. The lowest BCUT2D eigenvalue weighted by Gasteiger charge is -2.18. The van der Waals surface area contributed by atoms with E-state index in [9.17, 15) is 19.1 Å². The molecule has 152 valence electrons. The number of benzene rings is 3. The van der Waals surface area contributed by atoms with Crippen LogP contribution in [-0.4, -0.2) is 23.8 Å². The molecule has 4 rings (SSSR count). The number of hydrogen-bond acceptors (Lipinski definition) is 3. The predicted octanol–water partition coefficient (Wildman–Crippen LogP) is 5.09. The maximum absolute atomic E-state index is 13.6. The maximum atomic E-state index is 13.6. The smallest absolute Gasteiger partial charge is 0.408 e. The fourth-order valence-electron chi connectivity index (χ4n) is 3.77. The standard InChI is InChI=1S/C23H17FINO4/c24-13-9-10-20(25)18(11-13)21(22(27)28)26-23(29)30-12-19-16-7-3-1-5-14(16)15-6-2-4-8-17(15)19/h1-11,19,21H,12H2,(H,26,29)(H,27,28). The Morgan fingerprint density at radius 1 is 1.03 bits per heavy atom. The Hall–Kier alpha value is -2.94. The number of nitrogens with one attached hydrogen (secondary N) is 1. The summed E-state index contributed by atoms with van der Waals surface area (Å²) in [5.74, 6) is -2.02. The van der Waals surface area contributed by atoms with E-state index in [1.807, 2.05) is 71.1 Å². The summed E-state index contributed by atoms with van der Waals surface area (Å²) in [6.07, 6.45) is -0.871. The quantitative estimate of drug-likeness (QED) is 0.463. The summed E-state index contributed by atoms with van der Waals surface area (Å²) in [6, 6.07) is 18.2. The molecule has 0 radical (unpaired) electrons. The largest absolute Gasteiger partial charge is 0.479 e. The second-order valence-corrected chi connectivity index (χ2v) is 8.07. The molecular formula is C23H17FINO4. The molecule has 7 heteroatoms. The number of fused-ring (bicyclic) bond motifs is 3. The average molecular weight is 517 g/mol. The van der Waals surface area contributed by atoms with E-state index in [-0.39, 0.29) is 18.1 Å². The van der Waals surface area contributed by atoms with Gasteiger partial charge in [-0.25, -0.2) is 14.0 Å². The first kappa shape index (κ1) is 20.3. The Balaban J connectivity index is 1.51. The van der Waals surface area contributed by atoms with Gasteiger partial charge in [0, 0.05) is 15.1 Å². The summed E-state index contributed by atoms with van der Waals surface area (Å²) in [5, 5.41) is 11.9. The van der Waals surface area contributed by atoms with Gasteiger partial charge in [0.15, 0.2) is 6.04 Å². The molecule has 0 aromatic heterocycles. The van der Waals surface area contributed by atoms with Crippen molar-refractivity contribution in [1.82, 2.24) is 5.32 Å². The van der Waals surface area contributed by atoms with E-state index in [0.717, 1.165) is 28.3 Å². The topological polar surface area (TPSA) is 75.6 Å². The van der Waals surface area contributed by atoms with Gasteiger partial charge >= 0.3 is 12.1 Å². The molecule has 1 aliphatic carbocycles. The molecule has 0 saturated heterocycles. The fourth-order valence-corrected chi connectivity index (χ4v) is 4.41. The van der Waals surface area contributed by atoms with Gasteiger partial charge in [-0.1, -0.05) is 48.5 Å². The molecular weight excluding hydrogens is 500 g/mol. The molecule has 0 bridgehead atoms. The first-order valence-electron chi connectivity index (χ1n) is 9.25. The maximum Gasteiger partial charge on any atom is 0.408 e. The third-order valence-electron chi connectivity index (χ3n) is 5.12. The number of amides is 1. The SMILES string of the molecule is O=C(NC(C(=O)O)c1cc(F)ccc1I)OCC1c2ccccc2-c2ccccc21. The van der Waals surface area contributed by atoms with Crippen LogP contribution >= 0.6 is 22.6 Å². The number of carboxylic acid groups (broad SMARTS) is 1. The molecule has 1 atom stereocenters. The molecule has 0 fully saturated rings. The zero-order chi connectivity index (χ0) is 21.3. The lowest BCUT2D eigenvalue weighted by atomic mass is 9.98. The number of halogens is 2. The van der Waals surface area contributed by atoms with Gasteiger partial charge in [-0.05, 0) is 63.0 Å². The van der Waals surface area contributed by atoms with Crippen molar-refractivity contribution in [3.63, 3.8) is 0 Å². The fraction of sp³-hybridized carbons (Fsp3) is 0.130. The predicted molar refractivity (Wildman–Crippen MR) is 118 cm³/mol. The highest BCUT2D eigenvalue weighted by Gasteiger charge is 2.30. The Kier molecular flexibility index (Phi) is 5.72. The first-order chi connectivity index (χ1) is 14.5. The summed E-state index contributed by atoms with van der Waals surface area (Å²) < 4.78 is 19.5. The van der Waals surface area contributed by atoms with Crippen LogP contribution in [0.15, 0.2) is 66.7 Å². The van der Waals surface area contributed by atoms with E-state index in [1.54, 1.807) is 0 Å². The third-order valence-corrected chi connectivity index (χ3v) is 6.10. The number of carbonyl (C=O) groups excluding carboxylic acids is 1. The van der Waals surface area contributed by atoms with E-state index in [2.05, 4.69) is 5.32 Å². The summed E-state index contributed by atoms with van der Waals surface area (Å²) in [7, 11) is 0. The van der Waals surface area contributed by atoms with Crippen molar-refractivity contribution in [2.24, 2.45) is 0 Å². The molecule has 0 saturated carbocycles. The summed E-state index contributed by atoms with van der Waals surface area (Å²) in [6.45, 7) is 0.0619. The number of carboxylic acids is 1. The highest BCUT2D eigenvalue weighted by atomic mass is 127. The molecule has 30 heavy (non-hydrogen) atoms. The van der Waals surface area contributed by atoms with Crippen LogP contribution in [0.3, 0.4) is 0 Å². The Bertz CT molecular complexity index is 1090. The number of rotatable bonds is 5. The van der Waals surface area contributed by atoms with Gasteiger partial charge in [0.2, 0.25) is 0 Å². The molecule has 2 N–H and O–H groups in total. The van der Waals surface area contributed by atoms with Crippen molar-refractivity contribution in [2.75, 3.05) is 6.61 Å². The molecule has 1 aliphatic rings. The molecule has 3 aromatic carbocycles. The van der Waals surface area contributed by atoms with Gasteiger partial charge in [0.05, 0.1) is 0 Å². The van der Waals surface area contributed by atoms with E-state index < -0.39 is 23.9 Å².